The van der Waals surface area contributed by atoms with Crippen molar-refractivity contribution in [1.82, 2.24) is 4.57 Å². The number of benzene rings is 4. The first-order chi connectivity index (χ1) is 20.1. The fourth-order valence-corrected chi connectivity index (χ4v) is 5.24. The molecule has 0 atom stereocenters. The normalized spacial score (nSPS) is 14.3. The number of rotatable bonds is 6. The van der Waals surface area contributed by atoms with Crippen molar-refractivity contribution in [2.75, 3.05) is 0 Å². The van der Waals surface area contributed by atoms with Gasteiger partial charge in [0.1, 0.15) is 18.1 Å². The standard InChI is InChI=1S/C36H39N2/c1-24(2)31-21-30(28-14-10-8-11-15-28)22-32(25(3)4)35(31)38-19-18-37(7)36(38)34-23-33(26(5)20-27(34)6)29-16-12-9-13-17-29/h8-25H,1-7H3/q+1/i5D3,24D,25D. The summed E-state index contributed by atoms with van der Waals surface area (Å²) in [6.45, 7) is 7.20. The summed E-state index contributed by atoms with van der Waals surface area (Å²) in [6, 6.07) is 27.6. The molecule has 2 nitrogen and oxygen atoms in total. The Bertz CT molecular complexity index is 1740. The number of aryl methyl sites for hydroxylation is 3. The zero-order valence-electron chi connectivity index (χ0n) is 28.1. The minimum atomic E-state index is -2.28. The second-order valence-electron chi connectivity index (χ2n) is 10.5. The molecule has 5 aromatic rings. The van der Waals surface area contributed by atoms with E-state index >= 15 is 0 Å². The Morgan fingerprint density at radius 2 is 1.29 bits per heavy atom. The minimum Gasteiger partial charge on any atom is -0.232 e. The maximum Gasteiger partial charge on any atom is 0.294 e. The largest absolute Gasteiger partial charge is 0.294 e. The molecule has 0 N–H and O–H groups in total. The van der Waals surface area contributed by atoms with Gasteiger partial charge < -0.3 is 0 Å². The van der Waals surface area contributed by atoms with Crippen LogP contribution in [0.3, 0.4) is 0 Å². The summed E-state index contributed by atoms with van der Waals surface area (Å²) in [5, 5.41) is 0. The smallest absolute Gasteiger partial charge is 0.232 e. The van der Waals surface area contributed by atoms with Crippen molar-refractivity contribution >= 4 is 0 Å². The summed E-state index contributed by atoms with van der Waals surface area (Å²) in [5.41, 5.74) is 7.95. The molecule has 0 aliphatic rings. The summed E-state index contributed by atoms with van der Waals surface area (Å²) in [5.74, 6) is -1.11. The minimum absolute atomic E-state index is 0.314. The second-order valence-corrected chi connectivity index (χ2v) is 10.5. The predicted octanol–water partition coefficient (Wildman–Crippen LogP) is 9.17. The van der Waals surface area contributed by atoms with Crippen LogP contribution in [0, 0.1) is 13.8 Å². The van der Waals surface area contributed by atoms with Crippen LogP contribution in [0.5, 0.6) is 0 Å². The Balaban J connectivity index is 1.86. The van der Waals surface area contributed by atoms with Crippen molar-refractivity contribution in [2.24, 2.45) is 7.05 Å². The van der Waals surface area contributed by atoms with Crippen LogP contribution in [-0.4, -0.2) is 4.57 Å². The topological polar surface area (TPSA) is 8.81 Å². The molecule has 2 heteroatoms. The molecule has 0 fully saturated rings. The molecule has 1 aromatic heterocycles. The van der Waals surface area contributed by atoms with Gasteiger partial charge in [-0.3, -0.25) is 0 Å². The number of imidazole rings is 1. The molecule has 5 rings (SSSR count). The molecule has 0 saturated carbocycles. The molecule has 192 valence electrons. The molecule has 0 bridgehead atoms. The third kappa shape index (κ3) is 4.72. The molecule has 0 aliphatic carbocycles. The Morgan fingerprint density at radius 1 is 0.711 bits per heavy atom. The fraction of sp³-hybridized carbons (Fsp3) is 0.250. The molecule has 38 heavy (non-hydrogen) atoms. The van der Waals surface area contributed by atoms with Gasteiger partial charge in [-0.05, 0) is 77.1 Å². The van der Waals surface area contributed by atoms with E-state index in [-0.39, 0.29) is 0 Å². The summed E-state index contributed by atoms with van der Waals surface area (Å²) in [7, 11) is 1.97. The summed E-state index contributed by atoms with van der Waals surface area (Å²) in [6.07, 6.45) is 3.96. The van der Waals surface area contributed by atoms with E-state index in [0.29, 0.717) is 11.1 Å². The highest BCUT2D eigenvalue weighted by Gasteiger charge is 2.28. The maximum absolute atomic E-state index is 9.25. The quantitative estimate of drug-likeness (QED) is 0.204. The highest BCUT2D eigenvalue weighted by Crippen LogP contribution is 2.39. The lowest BCUT2D eigenvalue weighted by Gasteiger charge is -2.21. The second kappa shape index (κ2) is 10.5. The van der Waals surface area contributed by atoms with E-state index in [1.54, 1.807) is 6.07 Å². The molecule has 0 saturated heterocycles. The average molecular weight is 505 g/mol. The molecule has 0 unspecified atom stereocenters. The molecule has 0 radical (unpaired) electrons. The predicted molar refractivity (Wildman–Crippen MR) is 161 cm³/mol. The Hall–Kier alpha value is -3.91. The number of hydrogen-bond acceptors (Lipinski definition) is 0. The van der Waals surface area contributed by atoms with Crippen LogP contribution in [0.4, 0.5) is 0 Å². The van der Waals surface area contributed by atoms with Crippen molar-refractivity contribution in [3.05, 3.63) is 120 Å². The Labute approximate surface area is 235 Å². The maximum atomic E-state index is 9.25. The average Bonchev–Trinajstić information content (AvgIpc) is 3.32. The molecule has 0 aliphatic heterocycles. The van der Waals surface area contributed by atoms with Crippen LogP contribution >= 0.6 is 0 Å². The van der Waals surface area contributed by atoms with E-state index in [9.17, 15) is 2.74 Å². The molecule has 4 aromatic carbocycles. The van der Waals surface area contributed by atoms with Gasteiger partial charge in [-0.25, -0.2) is 4.57 Å². The van der Waals surface area contributed by atoms with Crippen molar-refractivity contribution in [3.63, 3.8) is 0 Å². The van der Waals surface area contributed by atoms with Crippen LogP contribution in [0.2, 0.25) is 0 Å². The van der Waals surface area contributed by atoms with Crippen LogP contribution < -0.4 is 4.57 Å². The first kappa shape index (κ1) is 20.1. The van der Waals surface area contributed by atoms with Gasteiger partial charge in [-0.15, -0.1) is 0 Å². The lowest BCUT2D eigenvalue weighted by Crippen LogP contribution is -2.29. The highest BCUT2D eigenvalue weighted by molar-refractivity contribution is 5.76. The third-order valence-corrected chi connectivity index (χ3v) is 7.23. The zero-order chi connectivity index (χ0) is 31.3. The zero-order valence-corrected chi connectivity index (χ0v) is 23.1. The lowest BCUT2D eigenvalue weighted by molar-refractivity contribution is -0.659. The summed E-state index contributed by atoms with van der Waals surface area (Å²) >= 11 is 0. The van der Waals surface area contributed by atoms with E-state index in [1.807, 2.05) is 113 Å². The van der Waals surface area contributed by atoms with Crippen LogP contribution in [-0.2, 0) is 7.05 Å². The molecular formula is C36H39N2+. The van der Waals surface area contributed by atoms with Gasteiger partial charge in [0.15, 0.2) is 0 Å². The lowest BCUT2D eigenvalue weighted by atomic mass is 9.88. The van der Waals surface area contributed by atoms with Gasteiger partial charge in [-0.1, -0.05) is 94.4 Å². The van der Waals surface area contributed by atoms with Gasteiger partial charge in [0, 0.05) is 18.0 Å². The number of hydrogen-bond donors (Lipinski definition) is 0. The van der Waals surface area contributed by atoms with E-state index in [1.165, 1.54) is 0 Å². The number of nitrogens with zero attached hydrogens (tertiary/aromatic N) is 2. The van der Waals surface area contributed by atoms with E-state index in [4.69, 9.17) is 4.11 Å². The van der Waals surface area contributed by atoms with Gasteiger partial charge >= 0.3 is 0 Å². The number of aromatic nitrogens is 2. The third-order valence-electron chi connectivity index (χ3n) is 7.23. The van der Waals surface area contributed by atoms with Crippen LogP contribution in [0.15, 0.2) is 97.3 Å². The van der Waals surface area contributed by atoms with E-state index in [2.05, 4.69) is 28.8 Å². The molecular weight excluding hydrogens is 460 g/mol. The summed E-state index contributed by atoms with van der Waals surface area (Å²) < 4.78 is 47.5. The van der Waals surface area contributed by atoms with Crippen LogP contribution in [0.1, 0.15) is 68.6 Å². The fourth-order valence-electron chi connectivity index (χ4n) is 5.24. The van der Waals surface area contributed by atoms with Crippen molar-refractivity contribution < 1.29 is 11.4 Å². The van der Waals surface area contributed by atoms with Crippen molar-refractivity contribution in [2.45, 2.75) is 53.3 Å². The van der Waals surface area contributed by atoms with Crippen molar-refractivity contribution in [1.29, 1.82) is 0 Å². The summed E-state index contributed by atoms with van der Waals surface area (Å²) in [4.78, 5) is 0. The first-order valence-electron chi connectivity index (χ1n) is 15.6. The molecule has 0 amide bonds. The Kier molecular flexibility index (Phi) is 5.53. The van der Waals surface area contributed by atoms with E-state index in [0.717, 1.165) is 50.5 Å². The monoisotopic (exact) mass is 504 g/mol. The van der Waals surface area contributed by atoms with Gasteiger partial charge in [-0.2, -0.15) is 4.57 Å². The highest BCUT2D eigenvalue weighted by atomic mass is 15.1. The molecule has 1 heterocycles. The Morgan fingerprint density at radius 3 is 1.84 bits per heavy atom. The first-order valence-corrected chi connectivity index (χ1v) is 13.1. The molecule has 0 spiro atoms. The van der Waals surface area contributed by atoms with Gasteiger partial charge in [0.2, 0.25) is 0 Å². The van der Waals surface area contributed by atoms with E-state index < -0.39 is 18.6 Å². The van der Waals surface area contributed by atoms with Crippen molar-refractivity contribution in [3.8, 4) is 39.3 Å². The van der Waals surface area contributed by atoms with Gasteiger partial charge in [0.25, 0.3) is 5.82 Å². The van der Waals surface area contributed by atoms with Gasteiger partial charge in [0.05, 0.1) is 12.6 Å². The van der Waals surface area contributed by atoms with Crippen LogP contribution in [0.25, 0.3) is 39.3 Å². The SMILES string of the molecule is [2H]C([2H])([2H])c1cc(C)c(-c2n(-c3c(C([2H])(C)C)cc(-c4ccccc4)cc3C([2H])(C)C)cc[n+]2C)cc1-c1ccccc1.